The Labute approximate surface area is 184 Å². The molecular weight excluding hydrogens is 390 g/mol. The lowest BCUT2D eigenvalue weighted by Gasteiger charge is -2.29. The zero-order valence-electron chi connectivity index (χ0n) is 18.2. The largest absolute Gasteiger partial charge is 0.382 e. The van der Waals surface area contributed by atoms with E-state index in [1.54, 1.807) is 13.2 Å². The molecule has 0 aliphatic carbocycles. The molecule has 31 heavy (non-hydrogen) atoms. The van der Waals surface area contributed by atoms with Gasteiger partial charge in [0.1, 0.15) is 11.6 Å². The van der Waals surface area contributed by atoms with Crippen molar-refractivity contribution in [3.05, 3.63) is 47.5 Å². The Morgan fingerprint density at radius 1 is 1.10 bits per heavy atom. The first-order valence-corrected chi connectivity index (χ1v) is 11.0. The van der Waals surface area contributed by atoms with E-state index < -0.39 is 0 Å². The van der Waals surface area contributed by atoms with Crippen molar-refractivity contribution < 1.29 is 14.3 Å². The van der Waals surface area contributed by atoms with Crippen LogP contribution in [0.5, 0.6) is 0 Å². The summed E-state index contributed by atoms with van der Waals surface area (Å²) >= 11 is 0. The first-order chi connectivity index (χ1) is 15.2. The van der Waals surface area contributed by atoms with Crippen LogP contribution in [-0.2, 0) is 14.3 Å². The molecule has 0 aromatic heterocycles. The Balaban J connectivity index is 1.60. The van der Waals surface area contributed by atoms with Gasteiger partial charge in [-0.05, 0) is 66.3 Å². The van der Waals surface area contributed by atoms with E-state index in [-0.39, 0.29) is 11.5 Å². The Kier molecular flexibility index (Phi) is 8.89. The van der Waals surface area contributed by atoms with E-state index in [1.807, 2.05) is 18.2 Å². The minimum Gasteiger partial charge on any atom is -0.382 e. The Hall–Kier alpha value is -2.88. The number of piperidine rings is 1. The van der Waals surface area contributed by atoms with Gasteiger partial charge in [0.15, 0.2) is 0 Å². The summed E-state index contributed by atoms with van der Waals surface area (Å²) in [7, 11) is 1.63. The van der Waals surface area contributed by atoms with Gasteiger partial charge in [-0.1, -0.05) is 18.2 Å². The van der Waals surface area contributed by atoms with E-state index in [0.717, 1.165) is 29.4 Å². The summed E-state index contributed by atoms with van der Waals surface area (Å²) in [6, 6.07) is 14.5. The molecule has 1 amide bonds. The number of nitrogens with zero attached hydrogens (tertiary/aromatic N) is 2. The Morgan fingerprint density at radius 2 is 1.87 bits per heavy atom. The number of benzene rings is 2. The second-order valence-corrected chi connectivity index (χ2v) is 7.72. The minimum absolute atomic E-state index is 0.101. The van der Waals surface area contributed by atoms with E-state index in [4.69, 9.17) is 9.47 Å². The average molecular weight is 422 g/mol. The zero-order valence-corrected chi connectivity index (χ0v) is 18.2. The van der Waals surface area contributed by atoms with Gasteiger partial charge in [0.05, 0.1) is 13.2 Å². The van der Waals surface area contributed by atoms with Crippen LogP contribution in [0.15, 0.2) is 42.0 Å². The lowest BCUT2D eigenvalue weighted by Crippen LogP contribution is -2.29. The van der Waals surface area contributed by atoms with Crippen LogP contribution < -0.4 is 10.2 Å². The highest BCUT2D eigenvalue weighted by Gasteiger charge is 2.12. The molecule has 0 atom stereocenters. The van der Waals surface area contributed by atoms with E-state index in [2.05, 4.69) is 34.5 Å². The molecule has 1 fully saturated rings. The normalized spacial score (nSPS) is 14.5. The maximum absolute atomic E-state index is 12.3. The molecule has 2 aromatic carbocycles. The van der Waals surface area contributed by atoms with E-state index in [9.17, 15) is 10.1 Å². The summed E-state index contributed by atoms with van der Waals surface area (Å²) in [4.78, 5) is 14.8. The number of amides is 1. The van der Waals surface area contributed by atoms with Crippen molar-refractivity contribution in [2.45, 2.75) is 25.7 Å². The number of methoxy groups -OCH3 is 1. The number of hydrogen-bond donors (Lipinski definition) is 1. The smallest absolute Gasteiger partial charge is 0.261 e. The van der Waals surface area contributed by atoms with Crippen LogP contribution >= 0.6 is 0 Å². The van der Waals surface area contributed by atoms with E-state index in [0.29, 0.717) is 32.8 Å². The molecule has 164 valence electrons. The third-order valence-electron chi connectivity index (χ3n) is 5.43. The molecule has 0 unspecified atom stereocenters. The number of nitriles is 1. The first kappa shape index (κ1) is 22.8. The van der Waals surface area contributed by atoms with Crippen LogP contribution in [0.4, 0.5) is 5.69 Å². The molecule has 0 saturated carbocycles. The zero-order chi connectivity index (χ0) is 21.9. The number of ether oxygens (including phenoxy) is 2. The van der Waals surface area contributed by atoms with Gasteiger partial charge in [-0.3, -0.25) is 4.79 Å². The number of rotatable bonds is 10. The second-order valence-electron chi connectivity index (χ2n) is 7.72. The van der Waals surface area contributed by atoms with Gasteiger partial charge in [0, 0.05) is 39.0 Å². The second kappa shape index (κ2) is 12.1. The fourth-order valence-corrected chi connectivity index (χ4v) is 3.72. The van der Waals surface area contributed by atoms with E-state index in [1.165, 1.54) is 24.9 Å². The highest BCUT2D eigenvalue weighted by Crippen LogP contribution is 2.26. The molecule has 6 nitrogen and oxygen atoms in total. The standard InChI is InChI=1S/C25H31N3O3/c1-30-14-15-31-13-5-10-27-25(29)23(19-26)17-20-6-7-22-18-24(9-8-21(22)16-20)28-11-3-2-4-12-28/h6-9,16-18H,2-5,10-15H2,1H3,(H,27,29)/b23-17+. The highest BCUT2D eigenvalue weighted by atomic mass is 16.5. The van der Waals surface area contributed by atoms with Gasteiger partial charge >= 0.3 is 0 Å². The number of carbonyl (C=O) groups is 1. The number of hydrogen-bond acceptors (Lipinski definition) is 5. The van der Waals surface area contributed by atoms with Crippen molar-refractivity contribution in [2.24, 2.45) is 0 Å². The number of fused-ring (bicyclic) bond motifs is 1. The number of carbonyl (C=O) groups excluding carboxylic acids is 1. The summed E-state index contributed by atoms with van der Waals surface area (Å²) in [6.45, 7) is 4.33. The molecule has 3 rings (SSSR count). The van der Waals surface area contributed by atoms with Gasteiger partial charge in [0.2, 0.25) is 0 Å². The molecular formula is C25H31N3O3. The van der Waals surface area contributed by atoms with Crippen molar-refractivity contribution in [1.82, 2.24) is 5.32 Å². The maximum atomic E-state index is 12.3. The van der Waals surface area contributed by atoms with Crippen LogP contribution in [0.25, 0.3) is 16.8 Å². The topological polar surface area (TPSA) is 74.6 Å². The van der Waals surface area contributed by atoms with Crippen molar-refractivity contribution in [3.8, 4) is 6.07 Å². The van der Waals surface area contributed by atoms with Crippen molar-refractivity contribution in [3.63, 3.8) is 0 Å². The van der Waals surface area contributed by atoms with Gasteiger partial charge in [0.25, 0.3) is 5.91 Å². The average Bonchev–Trinajstić information content (AvgIpc) is 2.82. The lowest BCUT2D eigenvalue weighted by atomic mass is 10.0. The third-order valence-corrected chi connectivity index (χ3v) is 5.43. The number of nitrogens with one attached hydrogen (secondary N) is 1. The molecule has 0 spiro atoms. The molecule has 2 aromatic rings. The first-order valence-electron chi connectivity index (χ1n) is 11.0. The monoisotopic (exact) mass is 421 g/mol. The Morgan fingerprint density at radius 3 is 2.65 bits per heavy atom. The fourth-order valence-electron chi connectivity index (χ4n) is 3.72. The molecule has 1 aliphatic heterocycles. The van der Waals surface area contributed by atoms with Crippen LogP contribution in [0.2, 0.25) is 0 Å². The third kappa shape index (κ3) is 6.81. The molecule has 1 aliphatic rings. The van der Waals surface area contributed by atoms with Crippen LogP contribution in [0.1, 0.15) is 31.2 Å². The molecule has 0 bridgehead atoms. The van der Waals surface area contributed by atoms with Gasteiger partial charge in [-0.25, -0.2) is 0 Å². The van der Waals surface area contributed by atoms with Crippen molar-refractivity contribution in [1.29, 1.82) is 5.26 Å². The van der Waals surface area contributed by atoms with Crippen molar-refractivity contribution >= 4 is 28.4 Å². The van der Waals surface area contributed by atoms with Crippen LogP contribution in [0.3, 0.4) is 0 Å². The molecule has 1 heterocycles. The predicted molar refractivity (Wildman–Crippen MR) is 124 cm³/mol. The predicted octanol–water partition coefficient (Wildman–Crippen LogP) is 3.91. The van der Waals surface area contributed by atoms with Crippen molar-refractivity contribution in [2.75, 3.05) is 51.5 Å². The van der Waals surface area contributed by atoms with Crippen LogP contribution in [0, 0.1) is 11.3 Å². The summed E-state index contributed by atoms with van der Waals surface area (Å²) in [5.74, 6) is -0.361. The molecule has 1 saturated heterocycles. The number of anilines is 1. The van der Waals surface area contributed by atoms with Gasteiger partial charge < -0.3 is 19.7 Å². The summed E-state index contributed by atoms with van der Waals surface area (Å²) in [5, 5.41) is 14.5. The lowest BCUT2D eigenvalue weighted by molar-refractivity contribution is -0.117. The fraction of sp³-hybridized carbons (Fsp3) is 0.440. The van der Waals surface area contributed by atoms with Gasteiger partial charge in [-0.15, -0.1) is 0 Å². The summed E-state index contributed by atoms with van der Waals surface area (Å²) in [5.41, 5.74) is 2.20. The van der Waals surface area contributed by atoms with E-state index >= 15 is 0 Å². The summed E-state index contributed by atoms with van der Waals surface area (Å²) < 4.78 is 10.3. The van der Waals surface area contributed by atoms with Crippen LogP contribution in [-0.4, -0.2) is 52.5 Å². The molecule has 6 heteroatoms. The molecule has 0 radical (unpaired) electrons. The summed E-state index contributed by atoms with van der Waals surface area (Å²) in [6.07, 6.45) is 6.14. The Bertz CT molecular complexity index is 943. The SMILES string of the molecule is COCCOCCCNC(=O)/C(C#N)=C/c1ccc2cc(N3CCCCC3)ccc2c1. The maximum Gasteiger partial charge on any atom is 0.261 e. The quantitative estimate of drug-likeness (QED) is 0.358. The minimum atomic E-state index is -0.361. The molecule has 1 N–H and O–H groups in total. The van der Waals surface area contributed by atoms with Gasteiger partial charge in [-0.2, -0.15) is 5.26 Å². The highest BCUT2D eigenvalue weighted by molar-refractivity contribution is 6.02.